The number of nitrogens with one attached hydrogen (secondary N) is 1. The molecule has 1 atom stereocenters. The van der Waals surface area contributed by atoms with Crippen molar-refractivity contribution >= 4 is 21.8 Å². The van der Waals surface area contributed by atoms with E-state index in [0.29, 0.717) is 19.0 Å². The zero-order valence-electron chi connectivity index (χ0n) is 10.3. The van der Waals surface area contributed by atoms with Gasteiger partial charge in [0.25, 0.3) is 5.91 Å². The molecule has 1 aromatic carbocycles. The molecule has 100 valence electrons. The van der Waals surface area contributed by atoms with Crippen molar-refractivity contribution in [1.29, 1.82) is 0 Å². The van der Waals surface area contributed by atoms with Gasteiger partial charge in [0.05, 0.1) is 13.2 Å². The van der Waals surface area contributed by atoms with E-state index in [1.54, 1.807) is 26.2 Å². The number of carbonyl (C=O) groups excluding carboxylic acids is 1. The summed E-state index contributed by atoms with van der Waals surface area (Å²) in [4.78, 5) is 16.5. The number of benzene rings is 1. The molecule has 1 aromatic rings. The molecule has 1 rings (SSSR count). The third-order valence-corrected chi connectivity index (χ3v) is 2.59. The Bertz CT molecular complexity index is 369. The maximum Gasteiger partial charge on any atom is 0.284 e. The van der Waals surface area contributed by atoms with Crippen LogP contribution in [0.2, 0.25) is 0 Å². The van der Waals surface area contributed by atoms with Crippen LogP contribution in [0.4, 0.5) is 0 Å². The Morgan fingerprint density at radius 2 is 2.00 bits per heavy atom. The number of amides is 1. The molecular formula is C12H16BrNO4. The molecule has 18 heavy (non-hydrogen) atoms. The van der Waals surface area contributed by atoms with E-state index < -0.39 is 6.10 Å². The Hall–Kier alpha value is -1.11. The van der Waals surface area contributed by atoms with Gasteiger partial charge in [-0.2, -0.15) is 0 Å². The summed E-state index contributed by atoms with van der Waals surface area (Å²) >= 11 is 3.32. The van der Waals surface area contributed by atoms with Crippen LogP contribution in [-0.4, -0.2) is 32.3 Å². The molecule has 0 bridgehead atoms. The number of carbonyl (C=O) groups is 1. The molecular weight excluding hydrogens is 302 g/mol. The van der Waals surface area contributed by atoms with E-state index in [1.807, 2.05) is 12.1 Å². The molecule has 0 saturated carbocycles. The summed E-state index contributed by atoms with van der Waals surface area (Å²) in [6.07, 6.45) is -0.631. The molecule has 0 aliphatic rings. The second kappa shape index (κ2) is 8.07. The molecule has 0 fully saturated rings. The van der Waals surface area contributed by atoms with E-state index in [2.05, 4.69) is 21.4 Å². The van der Waals surface area contributed by atoms with E-state index in [9.17, 15) is 4.79 Å². The van der Waals surface area contributed by atoms with Crippen LogP contribution in [0.25, 0.3) is 0 Å². The minimum atomic E-state index is -0.631. The molecule has 1 amide bonds. The number of rotatable bonds is 7. The fourth-order valence-electron chi connectivity index (χ4n) is 1.10. The summed E-state index contributed by atoms with van der Waals surface area (Å²) < 4.78 is 11.2. The van der Waals surface area contributed by atoms with Crippen molar-refractivity contribution in [2.75, 3.05) is 20.3 Å². The van der Waals surface area contributed by atoms with Crippen LogP contribution in [0, 0.1) is 0 Å². The van der Waals surface area contributed by atoms with Crippen LogP contribution in [0.15, 0.2) is 28.7 Å². The Labute approximate surface area is 114 Å². The van der Waals surface area contributed by atoms with Crippen molar-refractivity contribution in [2.45, 2.75) is 13.0 Å². The van der Waals surface area contributed by atoms with Gasteiger partial charge in [0, 0.05) is 11.6 Å². The molecule has 0 saturated heterocycles. The minimum Gasteiger partial charge on any atom is -0.481 e. The lowest BCUT2D eigenvalue weighted by Gasteiger charge is -2.14. The molecule has 0 aliphatic heterocycles. The van der Waals surface area contributed by atoms with E-state index in [0.717, 1.165) is 4.47 Å². The molecule has 0 radical (unpaired) electrons. The van der Waals surface area contributed by atoms with Crippen molar-refractivity contribution in [2.24, 2.45) is 0 Å². The number of hydrogen-bond acceptors (Lipinski definition) is 4. The maximum absolute atomic E-state index is 11.6. The molecule has 0 aromatic heterocycles. The zero-order valence-corrected chi connectivity index (χ0v) is 11.9. The number of ether oxygens (including phenoxy) is 2. The van der Waals surface area contributed by atoms with Crippen LogP contribution < -0.4 is 10.2 Å². The normalized spacial score (nSPS) is 11.9. The largest absolute Gasteiger partial charge is 0.481 e. The van der Waals surface area contributed by atoms with Crippen LogP contribution in [-0.2, 0) is 14.4 Å². The molecule has 0 heterocycles. The Morgan fingerprint density at radius 1 is 1.33 bits per heavy atom. The van der Waals surface area contributed by atoms with Gasteiger partial charge in [0.15, 0.2) is 6.10 Å². The highest BCUT2D eigenvalue weighted by molar-refractivity contribution is 9.10. The third-order valence-electron chi connectivity index (χ3n) is 2.06. The van der Waals surface area contributed by atoms with Gasteiger partial charge in [-0.3, -0.25) is 9.63 Å². The fraction of sp³-hybridized carbons (Fsp3) is 0.417. The van der Waals surface area contributed by atoms with Crippen molar-refractivity contribution in [3.8, 4) is 5.75 Å². The molecule has 1 unspecified atom stereocenters. The first-order valence-electron chi connectivity index (χ1n) is 5.46. The standard InChI is InChI=1S/C12H16BrNO4/c1-9(12(15)14-17-8-7-16-2)18-11-5-3-10(13)4-6-11/h3-6,9H,7-8H2,1-2H3,(H,14,15). The summed E-state index contributed by atoms with van der Waals surface area (Å²) in [6.45, 7) is 2.37. The summed E-state index contributed by atoms with van der Waals surface area (Å²) in [5, 5.41) is 0. The Kier molecular flexibility index (Phi) is 6.70. The quantitative estimate of drug-likeness (QED) is 0.616. The lowest BCUT2D eigenvalue weighted by atomic mass is 10.3. The number of hydrogen-bond donors (Lipinski definition) is 1. The molecule has 6 heteroatoms. The lowest BCUT2D eigenvalue weighted by molar-refractivity contribution is -0.141. The third kappa shape index (κ3) is 5.48. The summed E-state index contributed by atoms with van der Waals surface area (Å²) in [5.74, 6) is 0.284. The topological polar surface area (TPSA) is 56.8 Å². The van der Waals surface area contributed by atoms with Gasteiger partial charge >= 0.3 is 0 Å². The van der Waals surface area contributed by atoms with Crippen molar-refractivity contribution in [1.82, 2.24) is 5.48 Å². The predicted molar refractivity (Wildman–Crippen MR) is 70.2 cm³/mol. The first-order chi connectivity index (χ1) is 8.63. The molecule has 5 nitrogen and oxygen atoms in total. The average molecular weight is 318 g/mol. The highest BCUT2D eigenvalue weighted by Gasteiger charge is 2.14. The van der Waals surface area contributed by atoms with Gasteiger partial charge in [-0.1, -0.05) is 15.9 Å². The van der Waals surface area contributed by atoms with Crippen molar-refractivity contribution < 1.29 is 19.1 Å². The van der Waals surface area contributed by atoms with E-state index in [4.69, 9.17) is 14.3 Å². The SMILES string of the molecule is COCCONC(=O)C(C)Oc1ccc(Br)cc1. The summed E-state index contributed by atoms with van der Waals surface area (Å²) in [7, 11) is 1.56. The number of methoxy groups -OCH3 is 1. The first kappa shape index (κ1) is 14.9. The Morgan fingerprint density at radius 3 is 2.61 bits per heavy atom. The summed E-state index contributed by atoms with van der Waals surface area (Å²) in [6, 6.07) is 7.24. The highest BCUT2D eigenvalue weighted by atomic mass is 79.9. The van der Waals surface area contributed by atoms with Gasteiger partial charge in [-0.25, -0.2) is 5.48 Å². The first-order valence-corrected chi connectivity index (χ1v) is 6.25. The number of hydroxylamine groups is 1. The van der Waals surface area contributed by atoms with Crippen LogP contribution in [0.3, 0.4) is 0 Å². The lowest BCUT2D eigenvalue weighted by Crippen LogP contribution is -2.36. The van der Waals surface area contributed by atoms with Gasteiger partial charge in [0.1, 0.15) is 5.75 Å². The predicted octanol–water partition coefficient (Wildman–Crippen LogP) is 1.91. The molecule has 0 aliphatic carbocycles. The van der Waals surface area contributed by atoms with Gasteiger partial charge < -0.3 is 9.47 Å². The van der Waals surface area contributed by atoms with E-state index >= 15 is 0 Å². The van der Waals surface area contributed by atoms with Gasteiger partial charge in [-0.15, -0.1) is 0 Å². The van der Waals surface area contributed by atoms with Crippen molar-refractivity contribution in [3.05, 3.63) is 28.7 Å². The Balaban J connectivity index is 2.33. The highest BCUT2D eigenvalue weighted by Crippen LogP contribution is 2.17. The van der Waals surface area contributed by atoms with Crippen LogP contribution in [0.1, 0.15) is 6.92 Å². The van der Waals surface area contributed by atoms with E-state index in [-0.39, 0.29) is 5.91 Å². The van der Waals surface area contributed by atoms with Gasteiger partial charge in [0.2, 0.25) is 0 Å². The van der Waals surface area contributed by atoms with Crippen LogP contribution >= 0.6 is 15.9 Å². The maximum atomic E-state index is 11.6. The zero-order chi connectivity index (χ0) is 13.4. The second-order valence-electron chi connectivity index (χ2n) is 3.52. The smallest absolute Gasteiger partial charge is 0.284 e. The monoisotopic (exact) mass is 317 g/mol. The average Bonchev–Trinajstić information content (AvgIpc) is 2.37. The van der Waals surface area contributed by atoms with Gasteiger partial charge in [-0.05, 0) is 31.2 Å². The number of halogens is 1. The van der Waals surface area contributed by atoms with Crippen LogP contribution in [0.5, 0.6) is 5.75 Å². The molecule has 1 N–H and O–H groups in total. The molecule has 0 spiro atoms. The minimum absolute atomic E-state index is 0.299. The van der Waals surface area contributed by atoms with Crippen molar-refractivity contribution in [3.63, 3.8) is 0 Å². The second-order valence-corrected chi connectivity index (χ2v) is 4.44. The summed E-state index contributed by atoms with van der Waals surface area (Å²) in [5.41, 5.74) is 2.30. The fourth-order valence-corrected chi connectivity index (χ4v) is 1.37. The van der Waals surface area contributed by atoms with E-state index in [1.165, 1.54) is 0 Å².